The molecule has 4 N–H and O–H groups in total. The molecule has 0 spiro atoms. The highest BCUT2D eigenvalue weighted by Crippen LogP contribution is 2.32. The van der Waals surface area contributed by atoms with Crippen LogP contribution in [0.25, 0.3) is 0 Å². The fourth-order valence-corrected chi connectivity index (χ4v) is 3.00. The Kier molecular flexibility index (Phi) is 3.50. The quantitative estimate of drug-likeness (QED) is 0.839. The Labute approximate surface area is 134 Å². The van der Waals surface area contributed by atoms with Crippen LogP contribution in [0.1, 0.15) is 42.6 Å². The highest BCUT2D eigenvalue weighted by molar-refractivity contribution is 5.99. The molecule has 122 valence electrons. The van der Waals surface area contributed by atoms with Gasteiger partial charge in [-0.3, -0.25) is 9.59 Å². The van der Waals surface area contributed by atoms with Crippen LogP contribution in [-0.2, 0) is 11.2 Å². The minimum Gasteiger partial charge on any atom is -0.470 e. The van der Waals surface area contributed by atoms with Crippen molar-refractivity contribution in [3.05, 3.63) is 29.3 Å². The van der Waals surface area contributed by atoms with Gasteiger partial charge in [0, 0.05) is 12.0 Å². The number of aryl methyl sites for hydroxylation is 1. The summed E-state index contributed by atoms with van der Waals surface area (Å²) in [6.07, 6.45) is 1.06. The molecule has 1 unspecified atom stereocenters. The van der Waals surface area contributed by atoms with Gasteiger partial charge in [-0.2, -0.15) is 0 Å². The smallest absolute Gasteiger partial charge is 0.248 e. The average Bonchev–Trinajstić information content (AvgIpc) is 2.44. The third-order valence-corrected chi connectivity index (χ3v) is 4.07. The number of fused-ring (bicyclic) bond motifs is 1. The van der Waals surface area contributed by atoms with E-state index in [1.807, 2.05) is 13.8 Å². The molecule has 0 saturated carbocycles. The van der Waals surface area contributed by atoms with Crippen LogP contribution < -0.4 is 16.2 Å². The minimum absolute atomic E-state index is 0.0929. The van der Waals surface area contributed by atoms with E-state index in [2.05, 4.69) is 4.99 Å². The van der Waals surface area contributed by atoms with Gasteiger partial charge in [-0.15, -0.1) is 0 Å². The van der Waals surface area contributed by atoms with Crippen LogP contribution in [0, 0.1) is 0 Å². The Hall–Kier alpha value is -2.57. The Bertz CT molecular complexity index is 711. The summed E-state index contributed by atoms with van der Waals surface area (Å²) in [5, 5.41) is 0. The highest BCUT2D eigenvalue weighted by Gasteiger charge is 2.38. The lowest BCUT2D eigenvalue weighted by atomic mass is 9.97. The molecule has 0 bridgehead atoms. The molecule has 7 nitrogen and oxygen atoms in total. The maximum Gasteiger partial charge on any atom is 0.248 e. The van der Waals surface area contributed by atoms with E-state index in [4.69, 9.17) is 16.2 Å². The van der Waals surface area contributed by atoms with Gasteiger partial charge in [0.05, 0.1) is 12.0 Å². The summed E-state index contributed by atoms with van der Waals surface area (Å²) in [4.78, 5) is 29.4. The van der Waals surface area contributed by atoms with E-state index < -0.39 is 17.7 Å². The van der Waals surface area contributed by atoms with Gasteiger partial charge in [0.25, 0.3) is 0 Å². The first-order valence-corrected chi connectivity index (χ1v) is 7.53. The van der Waals surface area contributed by atoms with Gasteiger partial charge in [-0.25, -0.2) is 9.89 Å². The SMILES string of the molecule is CC1(C)CC(=O)N(C2CCc3cc(C(N)=O)ccc3O2)C(N)=N1. The average molecular weight is 316 g/mol. The number of primary amides is 1. The molecular weight excluding hydrogens is 296 g/mol. The lowest BCUT2D eigenvalue weighted by Gasteiger charge is -2.39. The molecule has 7 heteroatoms. The van der Waals surface area contributed by atoms with Crippen molar-refractivity contribution in [1.82, 2.24) is 4.90 Å². The number of aliphatic imine (C=N–C) groups is 1. The van der Waals surface area contributed by atoms with Crippen molar-refractivity contribution in [2.45, 2.75) is 44.9 Å². The summed E-state index contributed by atoms with van der Waals surface area (Å²) >= 11 is 0. The lowest BCUT2D eigenvalue weighted by molar-refractivity contribution is -0.136. The van der Waals surface area contributed by atoms with Crippen molar-refractivity contribution in [3.63, 3.8) is 0 Å². The maximum absolute atomic E-state index is 12.4. The van der Waals surface area contributed by atoms with Crippen molar-refractivity contribution in [2.24, 2.45) is 16.5 Å². The second kappa shape index (κ2) is 5.26. The second-order valence-corrected chi connectivity index (χ2v) is 6.52. The number of guanidine groups is 1. The van der Waals surface area contributed by atoms with Crippen molar-refractivity contribution in [1.29, 1.82) is 0 Å². The first kappa shape index (κ1) is 15.3. The Morgan fingerprint density at radius 3 is 2.83 bits per heavy atom. The lowest BCUT2D eigenvalue weighted by Crippen LogP contribution is -2.56. The van der Waals surface area contributed by atoms with E-state index in [1.165, 1.54) is 4.90 Å². The minimum atomic E-state index is -0.485. The normalized spacial score (nSPS) is 22.9. The summed E-state index contributed by atoms with van der Waals surface area (Å²) in [5.74, 6) is 0.259. The number of rotatable bonds is 2. The van der Waals surface area contributed by atoms with E-state index in [1.54, 1.807) is 18.2 Å². The predicted molar refractivity (Wildman–Crippen MR) is 84.9 cm³/mol. The summed E-state index contributed by atoms with van der Waals surface area (Å²) in [5.41, 5.74) is 12.1. The van der Waals surface area contributed by atoms with Crippen molar-refractivity contribution < 1.29 is 14.3 Å². The molecule has 1 aromatic carbocycles. The number of hydrogen-bond donors (Lipinski definition) is 2. The number of carbonyl (C=O) groups excluding carboxylic acids is 2. The van der Waals surface area contributed by atoms with Gasteiger partial charge < -0.3 is 16.2 Å². The van der Waals surface area contributed by atoms with Gasteiger partial charge in [0.2, 0.25) is 17.8 Å². The third kappa shape index (κ3) is 2.86. The number of nitrogens with zero attached hydrogens (tertiary/aromatic N) is 2. The molecule has 0 radical (unpaired) electrons. The Morgan fingerprint density at radius 2 is 2.17 bits per heavy atom. The summed E-state index contributed by atoms with van der Waals surface area (Å²) in [6, 6.07) is 5.04. The van der Waals surface area contributed by atoms with E-state index in [-0.39, 0.29) is 11.9 Å². The van der Waals surface area contributed by atoms with Crippen LogP contribution in [0.3, 0.4) is 0 Å². The van der Waals surface area contributed by atoms with Crippen LogP contribution in [0.2, 0.25) is 0 Å². The van der Waals surface area contributed by atoms with E-state index in [0.29, 0.717) is 30.6 Å². The van der Waals surface area contributed by atoms with Crippen LogP contribution in [-0.4, -0.2) is 34.4 Å². The summed E-state index contributed by atoms with van der Waals surface area (Å²) < 4.78 is 5.91. The van der Waals surface area contributed by atoms with Crippen LogP contribution in [0.4, 0.5) is 0 Å². The molecule has 0 aromatic heterocycles. The standard InChI is InChI=1S/C16H20N4O3/c1-16(2)8-12(21)20(15(18)19-16)13-6-4-9-7-10(14(17)22)3-5-11(9)23-13/h3,5,7,13H,4,6,8H2,1-2H3,(H2,17,22)(H2,18,19). The van der Waals surface area contributed by atoms with Crippen molar-refractivity contribution in [2.75, 3.05) is 0 Å². The van der Waals surface area contributed by atoms with Crippen LogP contribution in [0.15, 0.2) is 23.2 Å². The van der Waals surface area contributed by atoms with Gasteiger partial charge in [-0.1, -0.05) is 0 Å². The Balaban J connectivity index is 1.85. The molecule has 2 amide bonds. The van der Waals surface area contributed by atoms with E-state index in [0.717, 1.165) is 5.56 Å². The molecular formula is C16H20N4O3. The fourth-order valence-electron chi connectivity index (χ4n) is 3.00. The molecule has 23 heavy (non-hydrogen) atoms. The molecule has 3 rings (SSSR count). The third-order valence-electron chi connectivity index (χ3n) is 4.07. The van der Waals surface area contributed by atoms with E-state index >= 15 is 0 Å². The first-order valence-electron chi connectivity index (χ1n) is 7.53. The Morgan fingerprint density at radius 1 is 1.43 bits per heavy atom. The maximum atomic E-state index is 12.4. The largest absolute Gasteiger partial charge is 0.470 e. The van der Waals surface area contributed by atoms with E-state index in [9.17, 15) is 9.59 Å². The molecule has 1 atom stereocenters. The number of nitrogens with two attached hydrogens (primary N) is 2. The predicted octanol–water partition coefficient (Wildman–Crippen LogP) is 0.762. The monoisotopic (exact) mass is 316 g/mol. The van der Waals surface area contributed by atoms with Crippen molar-refractivity contribution in [3.8, 4) is 5.75 Å². The molecule has 0 fully saturated rings. The molecule has 2 aliphatic rings. The number of hydrogen-bond acceptors (Lipinski definition) is 5. The second-order valence-electron chi connectivity index (χ2n) is 6.52. The topological polar surface area (TPSA) is 111 Å². The number of ether oxygens (including phenoxy) is 1. The fraction of sp³-hybridized carbons (Fsp3) is 0.438. The zero-order chi connectivity index (χ0) is 16.8. The highest BCUT2D eigenvalue weighted by atomic mass is 16.5. The van der Waals surface area contributed by atoms with Gasteiger partial charge in [0.15, 0.2) is 6.23 Å². The number of carbonyl (C=O) groups is 2. The number of amides is 2. The molecule has 1 aromatic rings. The van der Waals surface area contributed by atoms with Gasteiger partial charge >= 0.3 is 0 Å². The van der Waals surface area contributed by atoms with Crippen LogP contribution in [0.5, 0.6) is 5.75 Å². The molecule has 0 saturated heterocycles. The zero-order valence-corrected chi connectivity index (χ0v) is 13.2. The van der Waals surface area contributed by atoms with Gasteiger partial charge in [-0.05, 0) is 44.0 Å². The first-order chi connectivity index (χ1) is 10.8. The van der Waals surface area contributed by atoms with Gasteiger partial charge in [0.1, 0.15) is 5.75 Å². The summed E-state index contributed by atoms with van der Waals surface area (Å²) in [6.45, 7) is 3.75. The molecule has 0 aliphatic carbocycles. The molecule has 2 heterocycles. The summed E-state index contributed by atoms with van der Waals surface area (Å²) in [7, 11) is 0. The van der Waals surface area contributed by atoms with Crippen molar-refractivity contribution >= 4 is 17.8 Å². The molecule has 2 aliphatic heterocycles. The van der Waals surface area contributed by atoms with Crippen LogP contribution >= 0.6 is 0 Å². The zero-order valence-electron chi connectivity index (χ0n) is 13.2. The number of benzene rings is 1.